The minimum absolute atomic E-state index is 0.0462. The Kier molecular flexibility index (Phi) is 8.96. The number of carbonyl (C=O) groups is 2. The molecular weight excluding hydrogens is 578 g/mol. The van der Waals surface area contributed by atoms with E-state index in [9.17, 15) is 22.6 Å². The number of ether oxygens (including phenoxy) is 1. The van der Waals surface area contributed by atoms with Crippen molar-refractivity contribution in [2.24, 2.45) is 11.4 Å². The van der Waals surface area contributed by atoms with Crippen molar-refractivity contribution < 1.29 is 27.3 Å². The summed E-state index contributed by atoms with van der Waals surface area (Å²) in [6, 6.07) is 6.25. The summed E-state index contributed by atoms with van der Waals surface area (Å²) in [5.74, 6) is -2.98. The number of carbonyl (C=O) groups excluding carboxylic acids is 2. The van der Waals surface area contributed by atoms with Gasteiger partial charge in [0, 0.05) is 73.3 Å². The molecule has 0 aliphatic carbocycles. The first-order valence-corrected chi connectivity index (χ1v) is 15.9. The zero-order valence-corrected chi connectivity index (χ0v) is 26.3. The molecule has 232 valence electrons. The first-order chi connectivity index (χ1) is 20.0. The van der Waals surface area contributed by atoms with Crippen molar-refractivity contribution in [1.29, 1.82) is 0 Å². The molecule has 1 aliphatic rings. The second-order valence-electron chi connectivity index (χ2n) is 11.8. The maximum absolute atomic E-state index is 14.2. The van der Waals surface area contributed by atoms with Crippen LogP contribution in [0.4, 0.5) is 25.1 Å². The molecule has 0 bridgehead atoms. The lowest BCUT2D eigenvalue weighted by Crippen LogP contribution is -2.30. The van der Waals surface area contributed by atoms with E-state index in [0.29, 0.717) is 29.2 Å². The molecule has 2 amide bonds. The second kappa shape index (κ2) is 12.0. The maximum atomic E-state index is 14.2. The van der Waals surface area contributed by atoms with Gasteiger partial charge in [-0.15, -0.1) is 4.36 Å². The minimum Gasteiger partial charge on any atom is -0.442 e. The Morgan fingerprint density at radius 3 is 2.51 bits per heavy atom. The Hall–Kier alpha value is -3.87. The Bertz CT molecular complexity index is 1670. The quantitative estimate of drug-likeness (QED) is 0.354. The number of pyridine rings is 1. The Morgan fingerprint density at radius 1 is 1.14 bits per heavy atom. The fourth-order valence-electron chi connectivity index (χ4n) is 4.99. The fraction of sp³-hybridized carbons (Fsp3) is 0.467. The van der Waals surface area contributed by atoms with E-state index in [1.807, 2.05) is 13.1 Å². The van der Waals surface area contributed by atoms with Gasteiger partial charge in [0.05, 0.1) is 21.0 Å². The average molecular weight is 617 g/mol. The molecule has 0 saturated carbocycles. The molecule has 13 heteroatoms. The molecule has 1 fully saturated rings. The van der Waals surface area contributed by atoms with Crippen LogP contribution in [0.15, 0.2) is 45.9 Å². The predicted octanol–water partition coefficient (Wildman–Crippen LogP) is 6.37. The molecule has 1 aromatic carbocycles. The monoisotopic (exact) mass is 616 g/mol. The number of hydrogen-bond donors (Lipinski definition) is 1. The van der Waals surface area contributed by atoms with E-state index in [1.54, 1.807) is 68.7 Å². The van der Waals surface area contributed by atoms with Gasteiger partial charge >= 0.3 is 6.09 Å². The average Bonchev–Trinajstić information content (AvgIpc) is 3.10. The number of aryl methyl sites for hydroxylation is 2. The van der Waals surface area contributed by atoms with Crippen molar-refractivity contribution in [3.63, 3.8) is 0 Å². The molecule has 43 heavy (non-hydrogen) atoms. The summed E-state index contributed by atoms with van der Waals surface area (Å²) in [4.78, 5) is 32.8. The lowest BCUT2D eigenvalue weighted by molar-refractivity contribution is -0.0102. The molecule has 10 nitrogen and oxygen atoms in total. The highest BCUT2D eigenvalue weighted by Gasteiger charge is 2.34. The van der Waals surface area contributed by atoms with Crippen LogP contribution >= 0.6 is 0 Å². The van der Waals surface area contributed by atoms with Gasteiger partial charge in [0.15, 0.2) is 0 Å². The first-order valence-electron chi connectivity index (χ1n) is 14.0. The van der Waals surface area contributed by atoms with E-state index in [1.165, 1.54) is 12.3 Å². The number of halogens is 2. The van der Waals surface area contributed by atoms with E-state index >= 15 is 0 Å². The number of nitrogens with one attached hydrogen (secondary N) is 1. The number of rotatable bonds is 5. The number of nitrogens with zero attached hydrogens (tertiary/aromatic N) is 5. The summed E-state index contributed by atoms with van der Waals surface area (Å²) >= 11 is 0. The van der Waals surface area contributed by atoms with Crippen LogP contribution in [0, 0.1) is 13.8 Å². The van der Waals surface area contributed by atoms with Gasteiger partial charge in [-0.05, 0) is 64.8 Å². The van der Waals surface area contributed by atoms with E-state index in [-0.39, 0.29) is 36.3 Å². The molecule has 0 unspecified atom stereocenters. The van der Waals surface area contributed by atoms with E-state index in [0.717, 1.165) is 11.3 Å². The molecule has 1 aliphatic heterocycles. The summed E-state index contributed by atoms with van der Waals surface area (Å²) in [5.41, 5.74) is 2.61. The van der Waals surface area contributed by atoms with Gasteiger partial charge in [0.2, 0.25) is 5.92 Å². The molecule has 3 heterocycles. The fourth-order valence-corrected chi connectivity index (χ4v) is 6.09. The molecular formula is C30H38F2N6O4S. The Balaban J connectivity index is 1.73. The molecule has 2 aromatic heterocycles. The van der Waals surface area contributed by atoms with Crippen LogP contribution in [-0.2, 0) is 21.5 Å². The van der Waals surface area contributed by atoms with Crippen LogP contribution in [0.3, 0.4) is 0 Å². The molecule has 0 spiro atoms. The number of anilines is 2. The summed E-state index contributed by atoms with van der Waals surface area (Å²) < 4.78 is 52.4. The normalized spacial score (nSPS) is 16.6. The minimum atomic E-state index is -3.20. The van der Waals surface area contributed by atoms with E-state index in [2.05, 4.69) is 19.8 Å². The molecule has 0 radical (unpaired) electrons. The van der Waals surface area contributed by atoms with Crippen LogP contribution in [0.25, 0.3) is 11.1 Å². The van der Waals surface area contributed by atoms with Crippen molar-refractivity contribution in [3.05, 3.63) is 53.5 Å². The number of alkyl halides is 2. The van der Waals surface area contributed by atoms with Crippen molar-refractivity contribution in [1.82, 2.24) is 14.8 Å². The van der Waals surface area contributed by atoms with Gasteiger partial charge in [-0.2, -0.15) is 5.10 Å². The van der Waals surface area contributed by atoms with E-state index < -0.39 is 33.3 Å². The summed E-state index contributed by atoms with van der Waals surface area (Å²) in [7, 11) is -1.40. The van der Waals surface area contributed by atoms with Crippen LogP contribution in [0.5, 0.6) is 0 Å². The number of amides is 2. The van der Waals surface area contributed by atoms with Crippen molar-refractivity contribution >= 4 is 33.2 Å². The standard InChI is InChI=1S/C30H38F2N6O4S/c1-19-23(24-18-37(6)35-20(24)2)17-33-26(38-14-9-12-30(31,32)13-15-38)25(19)27(39)34-21-10-8-11-22(16-21)43(7,41)36-28(40)42-29(3,4)5/h8,10-11,16-18H,9,12-15H2,1-7H3,(H,34,39)/t43-/m1/s1. The smallest absolute Gasteiger partial charge is 0.442 e. The van der Waals surface area contributed by atoms with E-state index in [4.69, 9.17) is 4.74 Å². The predicted molar refractivity (Wildman–Crippen MR) is 162 cm³/mol. The van der Waals surface area contributed by atoms with Gasteiger partial charge in [-0.1, -0.05) is 6.07 Å². The van der Waals surface area contributed by atoms with Crippen LogP contribution in [0.1, 0.15) is 61.6 Å². The maximum Gasteiger partial charge on any atom is 0.442 e. The topological polar surface area (TPSA) is 119 Å². The number of aromatic nitrogens is 3. The highest BCUT2D eigenvalue weighted by atomic mass is 32.2. The van der Waals surface area contributed by atoms with Gasteiger partial charge in [0.25, 0.3) is 5.91 Å². The molecule has 1 N–H and O–H groups in total. The summed E-state index contributed by atoms with van der Waals surface area (Å²) in [5, 5.41) is 7.26. The van der Waals surface area contributed by atoms with Gasteiger partial charge in [-0.25, -0.2) is 22.8 Å². The van der Waals surface area contributed by atoms with Crippen molar-refractivity contribution in [2.75, 3.05) is 29.6 Å². The highest BCUT2D eigenvalue weighted by molar-refractivity contribution is 7.93. The SMILES string of the molecule is Cc1nn(C)cc1-c1cnc(N2CCCC(F)(F)CC2)c(C(=O)Nc2cccc([S@@](C)(=O)=NC(=O)OC(C)(C)C)c2)c1C. The van der Waals surface area contributed by atoms with Crippen LogP contribution < -0.4 is 10.2 Å². The van der Waals surface area contributed by atoms with Gasteiger partial charge in [0.1, 0.15) is 11.4 Å². The Morgan fingerprint density at radius 2 is 1.86 bits per heavy atom. The Labute approximate surface area is 251 Å². The summed E-state index contributed by atoms with van der Waals surface area (Å²) in [6.07, 6.45) is 3.54. The van der Waals surface area contributed by atoms with Crippen molar-refractivity contribution in [2.45, 2.75) is 70.3 Å². The first kappa shape index (κ1) is 32.1. The lowest BCUT2D eigenvalue weighted by Gasteiger charge is -2.26. The number of hydrogen-bond acceptors (Lipinski definition) is 7. The number of benzene rings is 1. The zero-order valence-electron chi connectivity index (χ0n) is 25.5. The molecule has 4 rings (SSSR count). The third kappa shape index (κ3) is 7.75. The largest absolute Gasteiger partial charge is 0.442 e. The lowest BCUT2D eigenvalue weighted by atomic mass is 9.98. The van der Waals surface area contributed by atoms with Crippen LogP contribution in [-0.4, -0.2) is 61.8 Å². The third-order valence-electron chi connectivity index (χ3n) is 7.04. The van der Waals surface area contributed by atoms with Crippen molar-refractivity contribution in [3.8, 4) is 11.1 Å². The third-order valence-corrected chi connectivity index (χ3v) is 8.66. The molecule has 1 saturated heterocycles. The van der Waals surface area contributed by atoms with Gasteiger partial charge in [-0.3, -0.25) is 9.48 Å². The highest BCUT2D eigenvalue weighted by Crippen LogP contribution is 2.35. The second-order valence-corrected chi connectivity index (χ2v) is 14.1. The van der Waals surface area contributed by atoms with Crippen LogP contribution in [0.2, 0.25) is 0 Å². The summed E-state index contributed by atoms with van der Waals surface area (Å²) in [6.45, 7) is 9.07. The molecule has 3 aromatic rings. The molecule has 1 atom stereocenters. The zero-order chi connectivity index (χ0) is 31.7. The van der Waals surface area contributed by atoms with Gasteiger partial charge < -0.3 is 15.0 Å².